The van der Waals surface area contributed by atoms with Gasteiger partial charge in [0.1, 0.15) is 5.76 Å². The standard InChI is InChI=1S/C14H13NO4/c1-8-7-9(2)19-12(8)13(16)15-11-5-3-10(4-6-11)14(17)18/h3-7H,1-2H3,(H,15,16)(H,17,18). The van der Waals surface area contributed by atoms with E-state index >= 15 is 0 Å². The molecule has 0 aliphatic rings. The number of aromatic carboxylic acids is 1. The number of aryl methyl sites for hydroxylation is 2. The summed E-state index contributed by atoms with van der Waals surface area (Å²) in [6, 6.07) is 7.71. The highest BCUT2D eigenvalue weighted by Crippen LogP contribution is 2.16. The van der Waals surface area contributed by atoms with Gasteiger partial charge in [0.05, 0.1) is 5.56 Å². The van der Waals surface area contributed by atoms with Gasteiger partial charge in [0.2, 0.25) is 0 Å². The van der Waals surface area contributed by atoms with Crippen LogP contribution in [0, 0.1) is 13.8 Å². The van der Waals surface area contributed by atoms with Crippen LogP contribution < -0.4 is 5.32 Å². The molecule has 5 heteroatoms. The number of nitrogens with one attached hydrogen (secondary N) is 1. The maximum Gasteiger partial charge on any atom is 0.335 e. The summed E-state index contributed by atoms with van der Waals surface area (Å²) in [7, 11) is 0. The largest absolute Gasteiger partial charge is 0.478 e. The monoisotopic (exact) mass is 259 g/mol. The zero-order valence-electron chi connectivity index (χ0n) is 10.6. The highest BCUT2D eigenvalue weighted by atomic mass is 16.4. The second-order valence-electron chi connectivity index (χ2n) is 4.21. The van der Waals surface area contributed by atoms with Crippen LogP contribution in [0.5, 0.6) is 0 Å². The van der Waals surface area contributed by atoms with Gasteiger partial charge < -0.3 is 14.8 Å². The Labute approximate surface area is 109 Å². The minimum Gasteiger partial charge on any atom is -0.478 e. The number of hydrogen-bond acceptors (Lipinski definition) is 3. The van der Waals surface area contributed by atoms with Crippen molar-refractivity contribution < 1.29 is 19.1 Å². The minimum atomic E-state index is -1.00. The van der Waals surface area contributed by atoms with Gasteiger partial charge in [0.25, 0.3) is 5.91 Å². The summed E-state index contributed by atoms with van der Waals surface area (Å²) in [5.74, 6) is -0.423. The number of carbonyl (C=O) groups is 2. The van der Waals surface area contributed by atoms with E-state index in [2.05, 4.69) is 5.32 Å². The van der Waals surface area contributed by atoms with Crippen molar-refractivity contribution in [3.63, 3.8) is 0 Å². The minimum absolute atomic E-state index is 0.169. The number of rotatable bonds is 3. The van der Waals surface area contributed by atoms with Crippen molar-refractivity contribution in [3.05, 3.63) is 53.0 Å². The third-order valence-electron chi connectivity index (χ3n) is 2.64. The third kappa shape index (κ3) is 2.82. The molecule has 5 nitrogen and oxygen atoms in total. The zero-order valence-corrected chi connectivity index (χ0v) is 10.6. The van der Waals surface area contributed by atoms with E-state index in [1.807, 2.05) is 0 Å². The Morgan fingerprint density at radius 1 is 1.16 bits per heavy atom. The first-order chi connectivity index (χ1) is 8.97. The SMILES string of the molecule is Cc1cc(C)c(C(=O)Nc2ccc(C(=O)O)cc2)o1. The van der Waals surface area contributed by atoms with Gasteiger partial charge in [-0.2, -0.15) is 0 Å². The van der Waals surface area contributed by atoms with Crippen molar-refractivity contribution in [1.29, 1.82) is 0 Å². The topological polar surface area (TPSA) is 79.5 Å². The van der Waals surface area contributed by atoms with E-state index in [-0.39, 0.29) is 17.2 Å². The summed E-state index contributed by atoms with van der Waals surface area (Å²) in [5, 5.41) is 11.4. The zero-order chi connectivity index (χ0) is 14.0. The van der Waals surface area contributed by atoms with Gasteiger partial charge in [-0.3, -0.25) is 4.79 Å². The molecule has 0 saturated carbocycles. The van der Waals surface area contributed by atoms with Crippen LogP contribution in [0.1, 0.15) is 32.2 Å². The van der Waals surface area contributed by atoms with Crippen LogP contribution >= 0.6 is 0 Å². The number of furan rings is 1. The predicted octanol–water partition coefficient (Wildman–Crippen LogP) is 2.85. The summed E-state index contributed by atoms with van der Waals surface area (Å²) in [6.45, 7) is 3.56. The summed E-state index contributed by atoms with van der Waals surface area (Å²) in [6.07, 6.45) is 0. The maximum atomic E-state index is 11.9. The molecule has 0 atom stereocenters. The van der Waals surface area contributed by atoms with Gasteiger partial charge in [-0.25, -0.2) is 4.79 Å². The molecule has 1 aromatic heterocycles. The molecule has 2 N–H and O–H groups in total. The number of carboxylic acids is 1. The lowest BCUT2D eigenvalue weighted by atomic mass is 10.2. The molecule has 0 aliphatic heterocycles. The van der Waals surface area contributed by atoms with Crippen molar-refractivity contribution >= 4 is 17.6 Å². The predicted molar refractivity (Wildman–Crippen MR) is 69.5 cm³/mol. The fourth-order valence-corrected chi connectivity index (χ4v) is 1.75. The Bertz CT molecular complexity index is 625. The first-order valence-electron chi connectivity index (χ1n) is 5.69. The summed E-state index contributed by atoms with van der Waals surface area (Å²) >= 11 is 0. The molecule has 1 heterocycles. The Morgan fingerprint density at radius 3 is 2.26 bits per heavy atom. The second-order valence-corrected chi connectivity index (χ2v) is 4.21. The van der Waals surface area contributed by atoms with Crippen molar-refractivity contribution in [1.82, 2.24) is 0 Å². The smallest absolute Gasteiger partial charge is 0.335 e. The first-order valence-corrected chi connectivity index (χ1v) is 5.69. The molecule has 0 aliphatic carbocycles. The van der Waals surface area contributed by atoms with Gasteiger partial charge in [0.15, 0.2) is 5.76 Å². The Balaban J connectivity index is 2.15. The highest BCUT2D eigenvalue weighted by Gasteiger charge is 2.14. The van der Waals surface area contributed by atoms with Gasteiger partial charge in [0, 0.05) is 11.3 Å². The molecule has 98 valence electrons. The molecule has 0 fully saturated rings. The molecule has 2 aromatic rings. The van der Waals surface area contributed by atoms with Crippen LogP contribution in [0.3, 0.4) is 0 Å². The number of hydrogen-bond donors (Lipinski definition) is 2. The number of amides is 1. The van der Waals surface area contributed by atoms with Crippen molar-refractivity contribution in [2.45, 2.75) is 13.8 Å². The maximum absolute atomic E-state index is 11.9. The van der Waals surface area contributed by atoms with Crippen LogP contribution in [-0.4, -0.2) is 17.0 Å². The number of carboxylic acid groups (broad SMARTS) is 1. The van der Waals surface area contributed by atoms with Gasteiger partial charge in [-0.15, -0.1) is 0 Å². The fraction of sp³-hybridized carbons (Fsp3) is 0.143. The summed E-state index contributed by atoms with van der Waals surface area (Å²) < 4.78 is 5.30. The lowest BCUT2D eigenvalue weighted by Gasteiger charge is -2.04. The lowest BCUT2D eigenvalue weighted by molar-refractivity contribution is 0.0696. The fourth-order valence-electron chi connectivity index (χ4n) is 1.75. The number of carbonyl (C=O) groups excluding carboxylic acids is 1. The van der Waals surface area contributed by atoms with Crippen LogP contribution in [-0.2, 0) is 0 Å². The van der Waals surface area contributed by atoms with E-state index in [4.69, 9.17) is 9.52 Å². The quantitative estimate of drug-likeness (QED) is 0.888. The second kappa shape index (κ2) is 4.97. The molecule has 19 heavy (non-hydrogen) atoms. The Morgan fingerprint density at radius 2 is 1.79 bits per heavy atom. The molecule has 1 amide bonds. The van der Waals surface area contributed by atoms with E-state index in [0.717, 1.165) is 5.56 Å². The first kappa shape index (κ1) is 12.9. The molecule has 1 aromatic carbocycles. The average molecular weight is 259 g/mol. The molecule has 0 unspecified atom stereocenters. The van der Waals surface area contributed by atoms with Crippen LogP contribution in [0.15, 0.2) is 34.7 Å². The number of anilines is 1. The van der Waals surface area contributed by atoms with Crippen molar-refractivity contribution in [2.75, 3.05) is 5.32 Å². The molecule has 0 radical (unpaired) electrons. The van der Waals surface area contributed by atoms with E-state index < -0.39 is 5.97 Å². The molecule has 0 bridgehead atoms. The average Bonchev–Trinajstić information content (AvgIpc) is 2.69. The Hall–Kier alpha value is -2.56. The summed E-state index contributed by atoms with van der Waals surface area (Å²) in [4.78, 5) is 22.6. The molecular weight excluding hydrogens is 246 g/mol. The normalized spacial score (nSPS) is 10.2. The van der Waals surface area contributed by atoms with Crippen LogP contribution in [0.25, 0.3) is 0 Å². The van der Waals surface area contributed by atoms with Gasteiger partial charge >= 0.3 is 5.97 Å². The van der Waals surface area contributed by atoms with E-state index in [1.165, 1.54) is 24.3 Å². The highest BCUT2D eigenvalue weighted by molar-refractivity contribution is 6.03. The molecular formula is C14H13NO4. The van der Waals surface area contributed by atoms with E-state index in [1.54, 1.807) is 19.9 Å². The molecule has 0 spiro atoms. The molecule has 2 rings (SSSR count). The Kier molecular flexibility index (Phi) is 3.37. The lowest BCUT2D eigenvalue weighted by Crippen LogP contribution is -2.12. The summed E-state index contributed by atoms with van der Waals surface area (Å²) in [5.41, 5.74) is 1.45. The molecule has 0 saturated heterocycles. The van der Waals surface area contributed by atoms with Crippen molar-refractivity contribution in [3.8, 4) is 0 Å². The van der Waals surface area contributed by atoms with Crippen molar-refractivity contribution in [2.24, 2.45) is 0 Å². The van der Waals surface area contributed by atoms with Crippen LogP contribution in [0.2, 0.25) is 0 Å². The van der Waals surface area contributed by atoms with Gasteiger partial charge in [-0.05, 0) is 44.2 Å². The van der Waals surface area contributed by atoms with E-state index in [0.29, 0.717) is 11.4 Å². The van der Waals surface area contributed by atoms with E-state index in [9.17, 15) is 9.59 Å². The third-order valence-corrected chi connectivity index (χ3v) is 2.64. The van der Waals surface area contributed by atoms with Gasteiger partial charge in [-0.1, -0.05) is 0 Å². The van der Waals surface area contributed by atoms with Crippen LogP contribution in [0.4, 0.5) is 5.69 Å². The number of benzene rings is 1.